The number of nitrogens with one attached hydrogen (secondary N) is 1. The van der Waals surface area contributed by atoms with Crippen LogP contribution in [0.15, 0.2) is 59.5 Å². The highest BCUT2D eigenvalue weighted by atomic mass is 35.5. The zero-order chi connectivity index (χ0) is 19.0. The molecule has 1 N–H and O–H groups in total. The molecule has 0 fully saturated rings. The molecule has 0 atom stereocenters. The van der Waals surface area contributed by atoms with Crippen LogP contribution in [0, 0.1) is 0 Å². The van der Waals surface area contributed by atoms with E-state index >= 15 is 0 Å². The molecule has 0 bridgehead atoms. The van der Waals surface area contributed by atoms with Gasteiger partial charge >= 0.3 is 5.56 Å². The van der Waals surface area contributed by atoms with Gasteiger partial charge in [-0.1, -0.05) is 64.9 Å². The van der Waals surface area contributed by atoms with Crippen molar-refractivity contribution in [1.29, 1.82) is 0 Å². The molecule has 0 aliphatic carbocycles. The molecule has 0 spiro atoms. The summed E-state index contributed by atoms with van der Waals surface area (Å²) in [6.07, 6.45) is 1.53. The van der Waals surface area contributed by atoms with Gasteiger partial charge in [0.1, 0.15) is 4.88 Å². The molecule has 6 nitrogen and oxygen atoms in total. The van der Waals surface area contributed by atoms with Crippen LogP contribution < -0.4 is 10.9 Å². The van der Waals surface area contributed by atoms with Crippen LogP contribution in [0.25, 0.3) is 16.2 Å². The first-order chi connectivity index (χ1) is 13.0. The number of nitrogens with zero attached hydrogens (tertiary/aromatic N) is 3. The van der Waals surface area contributed by atoms with E-state index in [9.17, 15) is 9.59 Å². The Morgan fingerprint density at radius 2 is 1.85 bits per heavy atom. The minimum absolute atomic E-state index is 0.224. The second-order valence-corrected chi connectivity index (χ2v) is 7.36. The van der Waals surface area contributed by atoms with Crippen LogP contribution in [-0.4, -0.2) is 20.5 Å². The topological polar surface area (TPSA) is 76.4 Å². The lowest BCUT2D eigenvalue weighted by Crippen LogP contribution is -2.14. The highest BCUT2D eigenvalue weighted by Gasteiger charge is 2.15. The van der Waals surface area contributed by atoms with Crippen LogP contribution in [0.4, 0.5) is 5.69 Å². The molecule has 1 amide bonds. The Hall–Kier alpha value is -2.74. The first-order valence-electron chi connectivity index (χ1n) is 7.73. The molecule has 4 aromatic rings. The largest absolute Gasteiger partial charge is 0.321 e. The van der Waals surface area contributed by atoms with Crippen LogP contribution in [0.3, 0.4) is 0 Å². The average molecular weight is 417 g/mol. The molecule has 2 aromatic carbocycles. The molecule has 0 saturated heterocycles. The number of rotatable bonds is 3. The zero-order valence-corrected chi connectivity index (χ0v) is 15.8. The van der Waals surface area contributed by atoms with Crippen molar-refractivity contribution in [2.45, 2.75) is 0 Å². The Morgan fingerprint density at radius 3 is 2.59 bits per heavy atom. The summed E-state index contributed by atoms with van der Waals surface area (Å²) in [5.41, 5.74) is 0.950. The lowest BCUT2D eigenvalue weighted by atomic mass is 10.2. The molecule has 2 heterocycles. The summed E-state index contributed by atoms with van der Waals surface area (Å²) in [6.45, 7) is 0. The minimum atomic E-state index is -0.445. The normalized spacial score (nSPS) is 10.9. The summed E-state index contributed by atoms with van der Waals surface area (Å²) >= 11 is 12.9. The number of fused-ring (bicyclic) bond motifs is 1. The second-order valence-electron chi connectivity index (χ2n) is 5.54. The Bertz CT molecular complexity index is 1220. The fraction of sp³-hybridized carbons (Fsp3) is 0. The standard InChI is InChI=1S/C18H10Cl2N4O2S/c19-12-7-6-11(8-13(12)20)21-16(25)14-9-24-18(27-14)22-17(26)15(23-24)10-4-2-1-3-5-10/h1-9H,(H,21,25). The Labute approximate surface area is 167 Å². The van der Waals surface area contributed by atoms with Crippen molar-refractivity contribution in [3.63, 3.8) is 0 Å². The molecular weight excluding hydrogens is 407 g/mol. The Morgan fingerprint density at radius 1 is 1.07 bits per heavy atom. The molecule has 9 heteroatoms. The first kappa shape index (κ1) is 17.7. The third-order valence-corrected chi connectivity index (χ3v) is 5.40. The maximum atomic E-state index is 12.5. The van der Waals surface area contributed by atoms with E-state index in [4.69, 9.17) is 23.2 Å². The van der Waals surface area contributed by atoms with Crippen LogP contribution in [0.1, 0.15) is 9.67 Å². The molecule has 4 rings (SSSR count). The fourth-order valence-corrected chi connectivity index (χ4v) is 3.53. The fourth-order valence-electron chi connectivity index (χ4n) is 2.42. The van der Waals surface area contributed by atoms with Crippen LogP contribution in [-0.2, 0) is 0 Å². The zero-order valence-electron chi connectivity index (χ0n) is 13.5. The Balaban J connectivity index is 1.68. The van der Waals surface area contributed by atoms with Crippen molar-refractivity contribution in [3.8, 4) is 11.3 Å². The van der Waals surface area contributed by atoms with E-state index in [1.165, 1.54) is 10.7 Å². The van der Waals surface area contributed by atoms with Crippen LogP contribution in [0.2, 0.25) is 10.0 Å². The number of thiazole rings is 1. The van der Waals surface area contributed by atoms with Gasteiger partial charge in [-0.2, -0.15) is 10.1 Å². The molecule has 0 saturated carbocycles. The molecule has 0 aliphatic rings. The Kier molecular flexibility index (Phi) is 4.65. The summed E-state index contributed by atoms with van der Waals surface area (Å²) in [6, 6.07) is 13.8. The van der Waals surface area contributed by atoms with Gasteiger partial charge in [-0.05, 0) is 18.2 Å². The summed E-state index contributed by atoms with van der Waals surface area (Å²) in [5, 5.41) is 7.78. The SMILES string of the molecule is O=C(Nc1ccc(Cl)c(Cl)c1)c1cn2nc(-c3ccccc3)c(=O)nc2s1. The van der Waals surface area contributed by atoms with E-state index in [2.05, 4.69) is 15.4 Å². The molecule has 134 valence electrons. The number of carbonyl (C=O) groups is 1. The molecule has 0 aliphatic heterocycles. The van der Waals surface area contributed by atoms with Gasteiger partial charge in [0.15, 0.2) is 5.69 Å². The number of amides is 1. The number of hydrogen-bond donors (Lipinski definition) is 1. The molecule has 27 heavy (non-hydrogen) atoms. The summed E-state index contributed by atoms with van der Waals surface area (Å²) in [4.78, 5) is 29.5. The van der Waals surface area contributed by atoms with Crippen molar-refractivity contribution in [2.75, 3.05) is 5.32 Å². The lowest BCUT2D eigenvalue weighted by molar-refractivity contribution is 0.103. The predicted molar refractivity (Wildman–Crippen MR) is 107 cm³/mol. The summed E-state index contributed by atoms with van der Waals surface area (Å²) < 4.78 is 1.43. The van der Waals surface area contributed by atoms with Crippen molar-refractivity contribution >= 4 is 51.1 Å². The third-order valence-electron chi connectivity index (χ3n) is 3.69. The maximum absolute atomic E-state index is 12.5. The van der Waals surface area contributed by atoms with Crippen LogP contribution in [0.5, 0.6) is 0 Å². The number of aromatic nitrogens is 3. The highest BCUT2D eigenvalue weighted by Crippen LogP contribution is 2.26. The van der Waals surface area contributed by atoms with Crippen molar-refractivity contribution in [2.24, 2.45) is 0 Å². The van der Waals surface area contributed by atoms with Gasteiger partial charge in [-0.15, -0.1) is 0 Å². The van der Waals surface area contributed by atoms with Gasteiger partial charge in [-0.25, -0.2) is 4.52 Å². The summed E-state index contributed by atoms with van der Waals surface area (Å²) in [5.74, 6) is -0.362. The van der Waals surface area contributed by atoms with Gasteiger partial charge in [-0.3, -0.25) is 9.59 Å². The van der Waals surface area contributed by atoms with E-state index in [0.717, 1.165) is 11.3 Å². The molecule has 0 radical (unpaired) electrons. The molecular formula is C18H10Cl2N4O2S. The quantitative estimate of drug-likeness (QED) is 0.537. The van der Waals surface area contributed by atoms with E-state index < -0.39 is 5.56 Å². The van der Waals surface area contributed by atoms with E-state index in [1.807, 2.05) is 18.2 Å². The third kappa shape index (κ3) is 3.57. The van der Waals surface area contributed by atoms with Gasteiger partial charge in [0.25, 0.3) is 5.91 Å². The van der Waals surface area contributed by atoms with Crippen molar-refractivity contribution < 1.29 is 4.79 Å². The van der Waals surface area contributed by atoms with Crippen molar-refractivity contribution in [3.05, 3.63) is 80.0 Å². The van der Waals surface area contributed by atoms with E-state index in [1.54, 1.807) is 30.3 Å². The first-order valence-corrected chi connectivity index (χ1v) is 9.31. The molecule has 2 aromatic heterocycles. The average Bonchev–Trinajstić information content (AvgIpc) is 3.08. The maximum Gasteiger partial charge on any atom is 0.300 e. The smallest absolute Gasteiger partial charge is 0.300 e. The van der Waals surface area contributed by atoms with Gasteiger partial charge < -0.3 is 5.32 Å². The number of anilines is 1. The number of benzene rings is 2. The van der Waals surface area contributed by atoms with E-state index in [-0.39, 0.29) is 11.6 Å². The summed E-state index contributed by atoms with van der Waals surface area (Å²) in [7, 11) is 0. The number of halogens is 2. The highest BCUT2D eigenvalue weighted by molar-refractivity contribution is 7.18. The number of hydrogen-bond acceptors (Lipinski definition) is 5. The second kappa shape index (κ2) is 7.11. The van der Waals surface area contributed by atoms with Crippen molar-refractivity contribution in [1.82, 2.24) is 14.6 Å². The number of carbonyl (C=O) groups excluding carboxylic acids is 1. The minimum Gasteiger partial charge on any atom is -0.321 e. The van der Waals surface area contributed by atoms with Gasteiger partial charge in [0, 0.05) is 11.3 Å². The van der Waals surface area contributed by atoms with Gasteiger partial charge in [0.05, 0.1) is 16.2 Å². The molecule has 0 unspecified atom stereocenters. The predicted octanol–water partition coefficient (Wildman–Crippen LogP) is 4.38. The van der Waals surface area contributed by atoms with E-state index in [0.29, 0.717) is 31.1 Å². The monoisotopic (exact) mass is 416 g/mol. The van der Waals surface area contributed by atoms with Crippen LogP contribution >= 0.6 is 34.5 Å². The van der Waals surface area contributed by atoms with Gasteiger partial charge in [0.2, 0.25) is 4.96 Å². The lowest BCUT2D eigenvalue weighted by Gasteiger charge is -2.04.